The van der Waals surface area contributed by atoms with E-state index in [1.807, 2.05) is 48.5 Å². The highest BCUT2D eigenvalue weighted by Crippen LogP contribution is 2.33. The maximum atomic E-state index is 12.3. The standard InChI is InChI=1S/C18H28O3S.C9H11NO2S/c1-3-4-5-6-7-8-11-22(19)15(2)12-16-9-10-17-18(13-16)21-14-20-17;10-8(9(11)12)6-13-7-4-2-1-3-5-7/h9-10,13,15H,3-8,11-12,14H2,1-2H3;1-5,8H,6,10H2,(H,11,12)/t;8-/m.0/s1. The first-order valence-electron chi connectivity index (χ1n) is 12.3. The number of nitrogens with two attached hydrogens (primary N) is 1. The largest absolute Gasteiger partial charge is 0.616 e. The fourth-order valence-corrected chi connectivity index (χ4v) is 5.63. The number of carboxylic acid groups (broad SMARTS) is 1. The third-order valence-corrected chi connectivity index (χ3v) is 8.48. The average molecular weight is 522 g/mol. The number of fused-ring (bicyclic) bond motifs is 1. The van der Waals surface area contributed by atoms with Crippen molar-refractivity contribution in [2.24, 2.45) is 5.73 Å². The van der Waals surface area contributed by atoms with Crippen molar-refractivity contribution < 1.29 is 23.9 Å². The number of unbranched alkanes of at least 4 members (excludes halogenated alkanes) is 5. The summed E-state index contributed by atoms with van der Waals surface area (Å²) in [6.45, 7) is 4.61. The molecule has 0 bridgehead atoms. The van der Waals surface area contributed by atoms with Gasteiger partial charge < -0.3 is 24.9 Å². The number of hydrogen-bond donors (Lipinski definition) is 2. The molecule has 3 atom stereocenters. The molecule has 1 aliphatic rings. The molecule has 2 unspecified atom stereocenters. The van der Waals surface area contributed by atoms with Crippen molar-refractivity contribution in [2.45, 2.75) is 75.0 Å². The molecule has 2 aromatic rings. The Bertz CT molecular complexity index is 868. The molecule has 194 valence electrons. The molecule has 8 heteroatoms. The summed E-state index contributed by atoms with van der Waals surface area (Å²) < 4.78 is 23.0. The number of thioether (sulfide) groups is 1. The van der Waals surface area contributed by atoms with Crippen LogP contribution in [0.3, 0.4) is 0 Å². The lowest BCUT2D eigenvalue weighted by molar-refractivity contribution is -0.137. The summed E-state index contributed by atoms with van der Waals surface area (Å²) in [5.41, 5.74) is 6.52. The number of rotatable bonds is 14. The van der Waals surface area contributed by atoms with Crippen LogP contribution in [0, 0.1) is 0 Å². The molecule has 0 amide bonds. The van der Waals surface area contributed by atoms with E-state index in [0.29, 0.717) is 12.5 Å². The van der Waals surface area contributed by atoms with Gasteiger partial charge in [-0.15, -0.1) is 11.8 Å². The van der Waals surface area contributed by atoms with Crippen LogP contribution in [-0.4, -0.2) is 45.2 Å². The van der Waals surface area contributed by atoms with E-state index < -0.39 is 23.2 Å². The molecule has 0 saturated heterocycles. The summed E-state index contributed by atoms with van der Waals surface area (Å²) in [6.07, 6.45) is 8.32. The van der Waals surface area contributed by atoms with Crippen LogP contribution in [0.1, 0.15) is 57.9 Å². The maximum absolute atomic E-state index is 12.3. The van der Waals surface area contributed by atoms with Crippen molar-refractivity contribution in [3.63, 3.8) is 0 Å². The molecule has 6 nitrogen and oxygen atoms in total. The van der Waals surface area contributed by atoms with Crippen molar-refractivity contribution in [3.8, 4) is 11.5 Å². The number of carbonyl (C=O) groups is 1. The summed E-state index contributed by atoms with van der Waals surface area (Å²) in [7, 11) is 0. The summed E-state index contributed by atoms with van der Waals surface area (Å²) in [4.78, 5) is 11.4. The van der Waals surface area contributed by atoms with Crippen molar-refractivity contribution >= 4 is 28.9 Å². The van der Waals surface area contributed by atoms with E-state index in [4.69, 9.17) is 20.3 Å². The smallest absolute Gasteiger partial charge is 0.321 e. The van der Waals surface area contributed by atoms with Crippen molar-refractivity contribution in [1.29, 1.82) is 0 Å². The van der Waals surface area contributed by atoms with Crippen LogP contribution in [0.4, 0.5) is 0 Å². The van der Waals surface area contributed by atoms with Crippen LogP contribution in [0.25, 0.3) is 0 Å². The number of aliphatic carboxylic acids is 1. The molecule has 0 saturated carbocycles. The van der Waals surface area contributed by atoms with Gasteiger partial charge in [-0.3, -0.25) is 4.79 Å². The molecule has 0 aliphatic carbocycles. The second-order valence-electron chi connectivity index (χ2n) is 8.62. The van der Waals surface area contributed by atoms with E-state index in [-0.39, 0.29) is 5.25 Å². The van der Waals surface area contributed by atoms with Gasteiger partial charge in [-0.2, -0.15) is 0 Å². The fraction of sp³-hybridized carbons (Fsp3) is 0.519. The van der Waals surface area contributed by atoms with Crippen LogP contribution < -0.4 is 15.2 Å². The first-order chi connectivity index (χ1) is 16.9. The molecule has 35 heavy (non-hydrogen) atoms. The van der Waals surface area contributed by atoms with Crippen molar-refractivity contribution in [1.82, 2.24) is 0 Å². The first kappa shape index (κ1) is 29.4. The Kier molecular flexibility index (Phi) is 14.0. The van der Waals surface area contributed by atoms with E-state index in [0.717, 1.165) is 35.0 Å². The van der Waals surface area contributed by atoms with Gasteiger partial charge in [0.1, 0.15) is 17.0 Å². The second kappa shape index (κ2) is 16.7. The normalized spacial score (nSPS) is 14.5. The van der Waals surface area contributed by atoms with Crippen molar-refractivity contribution in [3.05, 3.63) is 54.1 Å². The highest BCUT2D eigenvalue weighted by molar-refractivity contribution is 7.99. The lowest BCUT2D eigenvalue weighted by atomic mass is 10.1. The lowest BCUT2D eigenvalue weighted by Gasteiger charge is -2.18. The van der Waals surface area contributed by atoms with Crippen LogP contribution in [0.2, 0.25) is 0 Å². The van der Waals surface area contributed by atoms with Gasteiger partial charge in [0.25, 0.3) is 0 Å². The number of hydrogen-bond acceptors (Lipinski definition) is 6. The van der Waals surface area contributed by atoms with Crippen LogP contribution in [0.15, 0.2) is 53.4 Å². The highest BCUT2D eigenvalue weighted by Gasteiger charge is 2.19. The number of benzene rings is 2. The Labute approximate surface area is 217 Å². The Morgan fingerprint density at radius 1 is 1.09 bits per heavy atom. The summed E-state index contributed by atoms with van der Waals surface area (Å²) in [5, 5.41) is 8.71. The Morgan fingerprint density at radius 3 is 2.49 bits per heavy atom. The molecule has 3 N–H and O–H groups in total. The fourth-order valence-electron chi connectivity index (χ4n) is 3.49. The Morgan fingerprint density at radius 2 is 1.77 bits per heavy atom. The SMILES string of the molecule is CCCCCCCC[S+]([O-])C(C)Cc1ccc2c(c1)OCO2.N[C@@H](CSc1ccccc1)C(=O)O. The molecule has 0 radical (unpaired) electrons. The zero-order valence-corrected chi connectivity index (χ0v) is 22.5. The molecular weight excluding hydrogens is 482 g/mol. The van der Waals surface area contributed by atoms with E-state index in [2.05, 4.69) is 13.8 Å². The Hall–Kier alpha value is -1.87. The number of carboxylic acids is 1. The zero-order chi connectivity index (χ0) is 25.5. The number of ether oxygens (including phenoxy) is 2. The third kappa shape index (κ3) is 11.6. The van der Waals surface area contributed by atoms with E-state index in [1.165, 1.54) is 49.4 Å². The van der Waals surface area contributed by atoms with E-state index in [1.54, 1.807) is 0 Å². The molecule has 0 spiro atoms. The molecule has 1 aliphatic heterocycles. The third-order valence-electron chi connectivity index (χ3n) is 5.60. The molecular formula is C27H39NO5S2. The van der Waals surface area contributed by atoms with E-state index in [9.17, 15) is 9.35 Å². The summed E-state index contributed by atoms with van der Waals surface area (Å²) >= 11 is 0.708. The molecule has 0 fully saturated rings. The molecule has 2 aromatic carbocycles. The van der Waals surface area contributed by atoms with Gasteiger partial charge >= 0.3 is 5.97 Å². The quantitative estimate of drug-likeness (QED) is 0.188. The average Bonchev–Trinajstić information content (AvgIpc) is 3.33. The van der Waals surface area contributed by atoms with Gasteiger partial charge in [0, 0.05) is 17.1 Å². The zero-order valence-electron chi connectivity index (χ0n) is 20.8. The minimum absolute atomic E-state index is 0.191. The van der Waals surface area contributed by atoms with Gasteiger partial charge in [-0.05, 0) is 49.6 Å². The minimum atomic E-state index is -0.955. The van der Waals surface area contributed by atoms with Gasteiger partial charge in [-0.25, -0.2) is 0 Å². The van der Waals surface area contributed by atoms with Crippen LogP contribution in [-0.2, 0) is 22.4 Å². The van der Waals surface area contributed by atoms with E-state index >= 15 is 0 Å². The first-order valence-corrected chi connectivity index (χ1v) is 14.7. The van der Waals surface area contributed by atoms with Gasteiger partial charge in [0.05, 0.1) is 0 Å². The topological polar surface area (TPSA) is 105 Å². The molecule has 0 aromatic heterocycles. The lowest BCUT2D eigenvalue weighted by Crippen LogP contribution is -2.32. The monoisotopic (exact) mass is 521 g/mol. The Balaban J connectivity index is 0.000000283. The summed E-state index contributed by atoms with van der Waals surface area (Å²) in [5.74, 6) is 1.90. The van der Waals surface area contributed by atoms with Crippen molar-refractivity contribution in [2.75, 3.05) is 18.3 Å². The predicted molar refractivity (Wildman–Crippen MR) is 145 cm³/mol. The molecule has 1 heterocycles. The van der Waals surface area contributed by atoms with Gasteiger partial charge in [0.2, 0.25) is 6.79 Å². The van der Waals surface area contributed by atoms with Gasteiger partial charge in [0.15, 0.2) is 11.5 Å². The predicted octanol–water partition coefficient (Wildman–Crippen LogP) is 5.65. The minimum Gasteiger partial charge on any atom is -0.616 e. The van der Waals surface area contributed by atoms with Crippen LogP contribution in [0.5, 0.6) is 11.5 Å². The van der Waals surface area contributed by atoms with Crippen LogP contribution >= 0.6 is 11.8 Å². The molecule has 3 rings (SSSR count). The summed E-state index contributed by atoms with van der Waals surface area (Å²) in [6, 6.07) is 14.8. The maximum Gasteiger partial charge on any atom is 0.321 e. The highest BCUT2D eigenvalue weighted by atomic mass is 32.2. The second-order valence-corrected chi connectivity index (χ2v) is 11.7. The van der Waals surface area contributed by atoms with Gasteiger partial charge in [-0.1, -0.05) is 68.0 Å².